The van der Waals surface area contributed by atoms with Crippen LogP contribution < -0.4 is 16.4 Å². The second-order valence-electron chi connectivity index (χ2n) is 11.6. The van der Waals surface area contributed by atoms with Crippen LogP contribution >= 0.6 is 34.8 Å². The summed E-state index contributed by atoms with van der Waals surface area (Å²) in [5, 5.41) is 7.71. The zero-order valence-electron chi connectivity index (χ0n) is 24.5. The Morgan fingerprint density at radius 2 is 1.69 bits per heavy atom. The molecule has 2 aliphatic rings. The third kappa shape index (κ3) is 6.71. The quantitative estimate of drug-likeness (QED) is 0.195. The highest BCUT2D eigenvalue weighted by atomic mass is 35.5. The van der Waals surface area contributed by atoms with Gasteiger partial charge in [0.15, 0.2) is 5.65 Å². The molecule has 1 saturated heterocycles. The SMILES string of the molecule is Cc1ccc(S(=O)(=O)N2CCCC(Nc3ncc4nc(Nc5c(Cl)cc(Cl)cc5Cl)n(C5CCC(C(N)=O)CC5)c4n3)C2)cc1. The van der Waals surface area contributed by atoms with E-state index in [-0.39, 0.29) is 35.3 Å². The molecule has 0 spiro atoms. The Morgan fingerprint density at radius 3 is 2.36 bits per heavy atom. The maximum absolute atomic E-state index is 13.4. The number of nitrogens with two attached hydrogens (primary N) is 1. The predicted molar refractivity (Wildman–Crippen MR) is 177 cm³/mol. The lowest BCUT2D eigenvalue weighted by molar-refractivity contribution is -0.122. The standard InChI is InChI=1S/C30H33Cl3N8O3S/c1-17-4-10-22(11-5-17)45(43,44)40-12-2-3-20(16-40)36-29-35-15-25-28(39-29)41(21-8-6-18(7-9-21)27(34)42)30(37-25)38-26-23(32)13-19(31)14-24(26)33/h4-5,10-11,13-15,18,20-21H,2-3,6-9,12,16H2,1H3,(H2,34,42)(H,37,38)(H,35,36,39). The van der Waals surface area contributed by atoms with E-state index in [4.69, 9.17) is 50.5 Å². The number of carbonyl (C=O) groups is 1. The van der Waals surface area contributed by atoms with Gasteiger partial charge in [-0.2, -0.15) is 9.29 Å². The first kappa shape index (κ1) is 31.8. The van der Waals surface area contributed by atoms with Crippen LogP contribution in [0.25, 0.3) is 11.2 Å². The number of nitrogens with one attached hydrogen (secondary N) is 2. The van der Waals surface area contributed by atoms with E-state index in [1.165, 1.54) is 4.31 Å². The lowest BCUT2D eigenvalue weighted by Gasteiger charge is -2.32. The van der Waals surface area contributed by atoms with Gasteiger partial charge < -0.3 is 16.4 Å². The third-order valence-corrected chi connectivity index (χ3v) is 11.2. The predicted octanol–water partition coefficient (Wildman–Crippen LogP) is 6.32. The van der Waals surface area contributed by atoms with Gasteiger partial charge in [0.05, 0.1) is 26.8 Å². The Balaban J connectivity index is 1.30. The van der Waals surface area contributed by atoms with Crippen LogP contribution in [0, 0.1) is 12.8 Å². The topological polar surface area (TPSA) is 148 Å². The molecule has 1 unspecified atom stereocenters. The maximum atomic E-state index is 13.4. The number of imidazole rings is 1. The van der Waals surface area contributed by atoms with Crippen molar-refractivity contribution in [2.24, 2.45) is 11.7 Å². The molecule has 6 rings (SSSR count). The summed E-state index contributed by atoms with van der Waals surface area (Å²) in [4.78, 5) is 26.3. The summed E-state index contributed by atoms with van der Waals surface area (Å²) in [6.45, 7) is 2.65. The normalized spacial score (nSPS) is 21.1. The molecule has 2 fully saturated rings. The molecule has 0 radical (unpaired) electrons. The van der Waals surface area contributed by atoms with Crippen molar-refractivity contribution < 1.29 is 13.2 Å². The van der Waals surface area contributed by atoms with Gasteiger partial charge >= 0.3 is 0 Å². The summed E-state index contributed by atoms with van der Waals surface area (Å²) in [6.07, 6.45) is 5.77. The molecule has 0 bridgehead atoms. The number of hydrogen-bond acceptors (Lipinski definition) is 8. The smallest absolute Gasteiger partial charge is 0.243 e. The number of halogens is 3. The van der Waals surface area contributed by atoms with Gasteiger partial charge in [-0.3, -0.25) is 9.36 Å². The molecule has 4 N–H and O–H groups in total. The first-order chi connectivity index (χ1) is 21.5. The minimum absolute atomic E-state index is 0.0366. The van der Waals surface area contributed by atoms with Crippen LogP contribution in [0.4, 0.5) is 17.6 Å². The summed E-state index contributed by atoms with van der Waals surface area (Å²) in [7, 11) is -3.64. The lowest BCUT2D eigenvalue weighted by atomic mass is 9.85. The van der Waals surface area contributed by atoms with Crippen molar-refractivity contribution >= 4 is 79.5 Å². The van der Waals surface area contributed by atoms with Crippen molar-refractivity contribution in [1.29, 1.82) is 0 Å². The van der Waals surface area contributed by atoms with E-state index in [0.29, 0.717) is 82.5 Å². The van der Waals surface area contributed by atoms with E-state index in [9.17, 15) is 13.2 Å². The molecule has 1 aliphatic carbocycles. The first-order valence-electron chi connectivity index (χ1n) is 14.8. The van der Waals surface area contributed by atoms with Crippen LogP contribution in [-0.2, 0) is 14.8 Å². The number of aromatic nitrogens is 4. The molecule has 4 aromatic rings. The Morgan fingerprint density at radius 1 is 1.00 bits per heavy atom. The number of fused-ring (bicyclic) bond motifs is 1. The molecule has 15 heteroatoms. The Labute approximate surface area is 276 Å². The highest BCUT2D eigenvalue weighted by Gasteiger charge is 2.32. The highest BCUT2D eigenvalue weighted by Crippen LogP contribution is 2.40. The minimum atomic E-state index is -3.64. The monoisotopic (exact) mass is 690 g/mol. The summed E-state index contributed by atoms with van der Waals surface area (Å²) < 4.78 is 30.2. The first-order valence-corrected chi connectivity index (χ1v) is 17.4. The zero-order chi connectivity index (χ0) is 31.9. The van der Waals surface area contributed by atoms with Crippen LogP contribution in [0.2, 0.25) is 15.1 Å². The van der Waals surface area contributed by atoms with Crippen molar-refractivity contribution in [1.82, 2.24) is 23.8 Å². The zero-order valence-corrected chi connectivity index (χ0v) is 27.6. The van der Waals surface area contributed by atoms with E-state index >= 15 is 0 Å². The van der Waals surface area contributed by atoms with Crippen LogP contribution in [0.1, 0.15) is 50.1 Å². The largest absolute Gasteiger partial charge is 0.369 e. The number of sulfonamides is 1. The maximum Gasteiger partial charge on any atom is 0.243 e. The van der Waals surface area contributed by atoms with Gasteiger partial charge in [0, 0.05) is 36.1 Å². The van der Waals surface area contributed by atoms with Crippen LogP contribution in [0.3, 0.4) is 0 Å². The van der Waals surface area contributed by atoms with Gasteiger partial charge in [-0.05, 0) is 69.7 Å². The molecule has 1 aliphatic heterocycles. The van der Waals surface area contributed by atoms with Gasteiger partial charge in [0.1, 0.15) is 5.52 Å². The fraction of sp³-hybridized carbons (Fsp3) is 0.400. The Kier molecular flexibility index (Phi) is 9.13. The number of primary amides is 1. The lowest BCUT2D eigenvalue weighted by Crippen LogP contribution is -2.45. The molecule has 2 aromatic carbocycles. The van der Waals surface area contributed by atoms with Gasteiger partial charge in [0.25, 0.3) is 0 Å². The fourth-order valence-electron chi connectivity index (χ4n) is 6.11. The van der Waals surface area contributed by atoms with Gasteiger partial charge in [0.2, 0.25) is 27.8 Å². The van der Waals surface area contributed by atoms with E-state index in [1.54, 1.807) is 42.6 Å². The van der Waals surface area contributed by atoms with E-state index in [2.05, 4.69) is 15.6 Å². The van der Waals surface area contributed by atoms with Crippen molar-refractivity contribution in [3.05, 3.63) is 63.2 Å². The second kappa shape index (κ2) is 12.9. The molecule has 45 heavy (non-hydrogen) atoms. The van der Waals surface area contributed by atoms with E-state index < -0.39 is 10.0 Å². The van der Waals surface area contributed by atoms with Crippen molar-refractivity contribution in [2.45, 2.75) is 62.4 Å². The fourth-order valence-corrected chi connectivity index (χ4v) is 8.54. The summed E-state index contributed by atoms with van der Waals surface area (Å²) in [6, 6.07) is 9.86. The van der Waals surface area contributed by atoms with Gasteiger partial charge in [-0.15, -0.1) is 0 Å². The number of anilines is 3. The van der Waals surface area contributed by atoms with Gasteiger partial charge in [-0.25, -0.2) is 18.4 Å². The van der Waals surface area contributed by atoms with Crippen molar-refractivity contribution in [3.63, 3.8) is 0 Å². The average Bonchev–Trinajstić information content (AvgIpc) is 3.36. The van der Waals surface area contributed by atoms with E-state index in [0.717, 1.165) is 12.0 Å². The summed E-state index contributed by atoms with van der Waals surface area (Å²) >= 11 is 19.1. The summed E-state index contributed by atoms with van der Waals surface area (Å²) in [5.74, 6) is 0.368. The number of aryl methyl sites for hydroxylation is 1. The number of nitrogens with zero attached hydrogens (tertiary/aromatic N) is 5. The van der Waals surface area contributed by atoms with Crippen LogP contribution in [0.5, 0.6) is 0 Å². The van der Waals surface area contributed by atoms with E-state index in [1.807, 2.05) is 11.5 Å². The van der Waals surface area contributed by atoms with Crippen molar-refractivity contribution in [3.8, 4) is 0 Å². The molecule has 1 atom stereocenters. The number of hydrogen-bond donors (Lipinski definition) is 3. The van der Waals surface area contributed by atoms with Crippen LogP contribution in [-0.4, -0.2) is 57.3 Å². The summed E-state index contributed by atoms with van der Waals surface area (Å²) in [5.41, 5.74) is 8.18. The minimum Gasteiger partial charge on any atom is -0.369 e. The Bertz CT molecular complexity index is 1820. The molecular formula is C30H33Cl3N8O3S. The molecular weight excluding hydrogens is 659 g/mol. The van der Waals surface area contributed by atoms with Gasteiger partial charge in [-0.1, -0.05) is 52.5 Å². The number of rotatable bonds is 8. The van der Waals surface area contributed by atoms with Crippen molar-refractivity contribution in [2.75, 3.05) is 23.7 Å². The Hall–Kier alpha value is -3.16. The molecule has 11 nitrogen and oxygen atoms in total. The molecule has 3 heterocycles. The molecule has 1 saturated carbocycles. The average molecular weight is 692 g/mol. The molecule has 238 valence electrons. The number of carbonyl (C=O) groups excluding carboxylic acids is 1. The number of amides is 1. The third-order valence-electron chi connectivity index (χ3n) is 8.52. The number of piperidine rings is 1. The number of benzene rings is 2. The molecule has 1 amide bonds. The molecule has 2 aromatic heterocycles. The second-order valence-corrected chi connectivity index (χ2v) is 14.8. The van der Waals surface area contributed by atoms with Crippen LogP contribution in [0.15, 0.2) is 47.5 Å². The highest BCUT2D eigenvalue weighted by molar-refractivity contribution is 7.89.